The second kappa shape index (κ2) is 3.28. The first kappa shape index (κ1) is 9.53. The minimum atomic E-state index is -0.628. The van der Waals surface area contributed by atoms with Gasteiger partial charge in [0.25, 0.3) is 0 Å². The van der Waals surface area contributed by atoms with E-state index in [0.29, 0.717) is 0 Å². The molecule has 2 heteroatoms. The van der Waals surface area contributed by atoms with E-state index < -0.39 is 5.60 Å². The molecule has 14 heavy (non-hydrogen) atoms. The smallest absolute Gasteiger partial charge is 0.127 e. The Morgan fingerprint density at radius 3 is 2.57 bits per heavy atom. The summed E-state index contributed by atoms with van der Waals surface area (Å²) in [5.41, 5.74) is 1.41. The highest BCUT2D eigenvalue weighted by Crippen LogP contribution is 2.45. The maximum absolute atomic E-state index is 10.2. The summed E-state index contributed by atoms with van der Waals surface area (Å²) >= 11 is 0. The Balaban J connectivity index is 2.46. The molecule has 2 nitrogen and oxygen atoms in total. The first-order valence-electron chi connectivity index (χ1n) is 5.04. The molecule has 1 aromatic carbocycles. The molecule has 2 rings (SSSR count). The lowest BCUT2D eigenvalue weighted by Gasteiger charge is -2.38. The van der Waals surface area contributed by atoms with Gasteiger partial charge in [0.1, 0.15) is 5.75 Å². The van der Waals surface area contributed by atoms with Gasteiger partial charge in [0.05, 0.1) is 12.7 Å². The molecule has 0 aromatic heterocycles. The molecule has 0 aliphatic heterocycles. The van der Waals surface area contributed by atoms with Crippen molar-refractivity contribution >= 4 is 0 Å². The summed E-state index contributed by atoms with van der Waals surface area (Å²) in [6.07, 6.45) is 2.81. The summed E-state index contributed by atoms with van der Waals surface area (Å²) in [7, 11) is 1.66. The second-order valence-corrected chi connectivity index (χ2v) is 4.04. The van der Waals surface area contributed by atoms with Crippen LogP contribution in [0.4, 0.5) is 0 Å². The van der Waals surface area contributed by atoms with E-state index in [1.807, 2.05) is 25.1 Å². The van der Waals surface area contributed by atoms with Crippen molar-refractivity contribution in [3.8, 4) is 5.75 Å². The van der Waals surface area contributed by atoms with Crippen LogP contribution in [0.3, 0.4) is 0 Å². The summed E-state index contributed by atoms with van der Waals surface area (Å²) in [5, 5.41) is 10.2. The SMILES string of the molecule is COc1c(C)cccc1C1(O)CCC1. The van der Waals surface area contributed by atoms with E-state index in [1.165, 1.54) is 0 Å². The highest BCUT2D eigenvalue weighted by atomic mass is 16.5. The monoisotopic (exact) mass is 192 g/mol. The summed E-state index contributed by atoms with van der Waals surface area (Å²) in [6, 6.07) is 5.94. The molecular formula is C12H16O2. The van der Waals surface area contributed by atoms with Gasteiger partial charge in [-0.2, -0.15) is 0 Å². The predicted octanol–water partition coefficient (Wildman–Crippen LogP) is 2.38. The van der Waals surface area contributed by atoms with Gasteiger partial charge in [-0.1, -0.05) is 18.2 Å². The molecule has 0 amide bonds. The van der Waals surface area contributed by atoms with E-state index in [2.05, 4.69) is 0 Å². The van der Waals surface area contributed by atoms with Gasteiger partial charge in [-0.3, -0.25) is 0 Å². The van der Waals surface area contributed by atoms with Gasteiger partial charge < -0.3 is 9.84 Å². The molecule has 1 saturated carbocycles. The van der Waals surface area contributed by atoms with Crippen LogP contribution in [-0.4, -0.2) is 12.2 Å². The summed E-state index contributed by atoms with van der Waals surface area (Å²) in [4.78, 5) is 0. The first-order chi connectivity index (χ1) is 6.67. The van der Waals surface area contributed by atoms with Gasteiger partial charge in [-0.05, 0) is 31.7 Å². The molecule has 0 saturated heterocycles. The Bertz CT molecular complexity index is 340. The fraction of sp³-hybridized carbons (Fsp3) is 0.500. The van der Waals surface area contributed by atoms with Gasteiger partial charge in [0.15, 0.2) is 0 Å². The summed E-state index contributed by atoms with van der Waals surface area (Å²) < 4.78 is 5.34. The zero-order valence-electron chi connectivity index (χ0n) is 8.71. The Morgan fingerprint density at radius 1 is 1.36 bits per heavy atom. The maximum atomic E-state index is 10.2. The average molecular weight is 192 g/mol. The van der Waals surface area contributed by atoms with Crippen molar-refractivity contribution in [2.24, 2.45) is 0 Å². The van der Waals surface area contributed by atoms with E-state index in [0.717, 1.165) is 36.1 Å². The normalized spacial score (nSPS) is 18.8. The van der Waals surface area contributed by atoms with Crippen molar-refractivity contribution in [3.05, 3.63) is 29.3 Å². The van der Waals surface area contributed by atoms with Crippen LogP contribution in [0.2, 0.25) is 0 Å². The number of rotatable bonds is 2. The Morgan fingerprint density at radius 2 is 2.07 bits per heavy atom. The molecule has 76 valence electrons. The lowest BCUT2D eigenvalue weighted by Crippen LogP contribution is -2.34. The topological polar surface area (TPSA) is 29.5 Å². The lowest BCUT2D eigenvalue weighted by atomic mass is 9.74. The van der Waals surface area contributed by atoms with E-state index >= 15 is 0 Å². The van der Waals surface area contributed by atoms with Crippen molar-refractivity contribution in [2.75, 3.05) is 7.11 Å². The zero-order valence-corrected chi connectivity index (χ0v) is 8.71. The number of methoxy groups -OCH3 is 1. The van der Waals surface area contributed by atoms with E-state index in [4.69, 9.17) is 4.74 Å². The van der Waals surface area contributed by atoms with Gasteiger partial charge in [-0.25, -0.2) is 0 Å². The van der Waals surface area contributed by atoms with E-state index in [1.54, 1.807) is 7.11 Å². The average Bonchev–Trinajstić information content (AvgIpc) is 2.14. The van der Waals surface area contributed by atoms with Crippen LogP contribution in [0.5, 0.6) is 5.75 Å². The molecule has 0 spiro atoms. The minimum absolute atomic E-state index is 0.628. The molecule has 1 aliphatic rings. The largest absolute Gasteiger partial charge is 0.496 e. The maximum Gasteiger partial charge on any atom is 0.127 e. The van der Waals surface area contributed by atoms with Crippen LogP contribution >= 0.6 is 0 Å². The Hall–Kier alpha value is -1.02. The first-order valence-corrected chi connectivity index (χ1v) is 5.04. The van der Waals surface area contributed by atoms with Crippen LogP contribution in [-0.2, 0) is 5.60 Å². The highest BCUT2D eigenvalue weighted by Gasteiger charge is 2.38. The second-order valence-electron chi connectivity index (χ2n) is 4.04. The lowest BCUT2D eigenvalue weighted by molar-refractivity contribution is -0.0405. The third-order valence-corrected chi connectivity index (χ3v) is 3.10. The minimum Gasteiger partial charge on any atom is -0.496 e. The molecule has 0 heterocycles. The number of ether oxygens (including phenoxy) is 1. The van der Waals surface area contributed by atoms with Crippen LogP contribution in [0.25, 0.3) is 0 Å². The van der Waals surface area contributed by atoms with Crippen LogP contribution in [0, 0.1) is 6.92 Å². The van der Waals surface area contributed by atoms with Gasteiger partial charge >= 0.3 is 0 Å². The fourth-order valence-corrected chi connectivity index (χ4v) is 2.07. The number of benzene rings is 1. The number of hydrogen-bond donors (Lipinski definition) is 1. The van der Waals surface area contributed by atoms with E-state index in [9.17, 15) is 5.11 Å². The van der Waals surface area contributed by atoms with Gasteiger partial charge in [0.2, 0.25) is 0 Å². The van der Waals surface area contributed by atoms with Crippen molar-refractivity contribution in [2.45, 2.75) is 31.8 Å². The van der Waals surface area contributed by atoms with Crippen molar-refractivity contribution < 1.29 is 9.84 Å². The van der Waals surface area contributed by atoms with Crippen molar-refractivity contribution in [1.82, 2.24) is 0 Å². The molecular weight excluding hydrogens is 176 g/mol. The number of hydrogen-bond acceptors (Lipinski definition) is 2. The predicted molar refractivity (Wildman–Crippen MR) is 55.5 cm³/mol. The van der Waals surface area contributed by atoms with Crippen LogP contribution in [0.1, 0.15) is 30.4 Å². The quantitative estimate of drug-likeness (QED) is 0.779. The third-order valence-electron chi connectivity index (χ3n) is 3.10. The van der Waals surface area contributed by atoms with Gasteiger partial charge in [-0.15, -0.1) is 0 Å². The standard InChI is InChI=1S/C12H16O2/c1-9-5-3-6-10(11(9)14-2)12(13)7-4-8-12/h3,5-6,13H,4,7-8H2,1-2H3. The summed E-state index contributed by atoms with van der Waals surface area (Å²) in [5.74, 6) is 0.842. The van der Waals surface area contributed by atoms with Crippen molar-refractivity contribution in [3.63, 3.8) is 0 Å². The molecule has 1 aromatic rings. The summed E-state index contributed by atoms with van der Waals surface area (Å²) in [6.45, 7) is 2.00. The molecule has 1 fully saturated rings. The van der Waals surface area contributed by atoms with Crippen LogP contribution in [0.15, 0.2) is 18.2 Å². The molecule has 0 radical (unpaired) electrons. The number of aliphatic hydroxyl groups is 1. The van der Waals surface area contributed by atoms with Crippen LogP contribution < -0.4 is 4.74 Å². The molecule has 0 atom stereocenters. The molecule has 1 N–H and O–H groups in total. The fourth-order valence-electron chi connectivity index (χ4n) is 2.07. The Kier molecular flexibility index (Phi) is 2.23. The molecule has 0 bridgehead atoms. The Labute approximate surface area is 84.5 Å². The van der Waals surface area contributed by atoms with Crippen molar-refractivity contribution in [1.29, 1.82) is 0 Å². The highest BCUT2D eigenvalue weighted by molar-refractivity contribution is 5.44. The third kappa shape index (κ3) is 1.30. The number of para-hydroxylation sites is 1. The van der Waals surface area contributed by atoms with E-state index in [-0.39, 0.29) is 0 Å². The van der Waals surface area contributed by atoms with Gasteiger partial charge in [0, 0.05) is 5.56 Å². The number of aryl methyl sites for hydroxylation is 1. The zero-order chi connectivity index (χ0) is 10.2. The molecule has 1 aliphatic carbocycles. The molecule has 0 unspecified atom stereocenters.